The summed E-state index contributed by atoms with van der Waals surface area (Å²) < 4.78 is 3.31. The molecule has 2 rings (SSSR count). The molecule has 0 spiro atoms. The zero-order chi connectivity index (χ0) is 13.3. The van der Waals surface area contributed by atoms with Gasteiger partial charge in [-0.05, 0) is 90.8 Å². The second-order valence-corrected chi connectivity index (χ2v) is 7.61. The number of halogens is 3. The molecule has 1 unspecified atom stereocenters. The highest BCUT2D eigenvalue weighted by Crippen LogP contribution is 2.37. The van der Waals surface area contributed by atoms with Crippen LogP contribution in [0.3, 0.4) is 0 Å². The highest BCUT2D eigenvalue weighted by molar-refractivity contribution is 9.11. The molecule has 1 heterocycles. The third-order valence-electron chi connectivity index (χ3n) is 2.59. The van der Waals surface area contributed by atoms with E-state index in [1.807, 2.05) is 0 Å². The maximum absolute atomic E-state index is 3.61. The van der Waals surface area contributed by atoms with Crippen LogP contribution >= 0.6 is 59.1 Å². The molecular weight excluding hydrogens is 442 g/mol. The number of hydrogen-bond acceptors (Lipinski definition) is 2. The van der Waals surface area contributed by atoms with E-state index in [-0.39, 0.29) is 6.04 Å². The van der Waals surface area contributed by atoms with E-state index < -0.39 is 0 Å². The Hall–Kier alpha value is 0.160. The monoisotopic (exact) mass is 451 g/mol. The van der Waals surface area contributed by atoms with Crippen molar-refractivity contribution in [1.29, 1.82) is 0 Å². The Morgan fingerprint density at radius 2 is 1.72 bits per heavy atom. The zero-order valence-corrected chi connectivity index (χ0v) is 15.5. The molecule has 0 bridgehead atoms. The van der Waals surface area contributed by atoms with Gasteiger partial charge in [-0.1, -0.05) is 0 Å². The highest BCUT2D eigenvalue weighted by Gasteiger charge is 2.14. The summed E-state index contributed by atoms with van der Waals surface area (Å²) in [5.74, 6) is 0. The summed E-state index contributed by atoms with van der Waals surface area (Å²) in [5.41, 5.74) is 2.32. The van der Waals surface area contributed by atoms with E-state index in [1.54, 1.807) is 11.3 Å². The van der Waals surface area contributed by atoms with Crippen LogP contribution in [0.5, 0.6) is 0 Å². The topological polar surface area (TPSA) is 12.0 Å². The smallest absolute Gasteiger partial charge is 0.0634 e. The van der Waals surface area contributed by atoms with E-state index in [1.165, 1.54) is 10.4 Å². The molecule has 0 saturated carbocycles. The zero-order valence-electron chi connectivity index (χ0n) is 9.93. The summed E-state index contributed by atoms with van der Waals surface area (Å²) in [5, 5.41) is 5.63. The third-order valence-corrected chi connectivity index (χ3v) is 5.89. The maximum atomic E-state index is 3.61. The van der Waals surface area contributed by atoms with Crippen LogP contribution in [0.25, 0.3) is 0 Å². The summed E-state index contributed by atoms with van der Waals surface area (Å²) >= 11 is 12.5. The molecule has 0 amide bonds. The Morgan fingerprint density at radius 3 is 2.22 bits per heavy atom. The van der Waals surface area contributed by atoms with Crippen molar-refractivity contribution in [1.82, 2.24) is 0 Å². The molecule has 0 aliphatic heterocycles. The fourth-order valence-electron chi connectivity index (χ4n) is 1.73. The lowest BCUT2D eigenvalue weighted by Crippen LogP contribution is -2.06. The molecular formula is C13H12Br3NS. The Balaban J connectivity index is 2.27. The van der Waals surface area contributed by atoms with Crippen molar-refractivity contribution in [2.75, 3.05) is 5.32 Å². The Morgan fingerprint density at radius 1 is 1.11 bits per heavy atom. The summed E-state index contributed by atoms with van der Waals surface area (Å²) in [4.78, 5) is 1.30. The minimum atomic E-state index is 0.259. The van der Waals surface area contributed by atoms with Crippen molar-refractivity contribution in [3.63, 3.8) is 0 Å². The second kappa shape index (κ2) is 6.07. The number of thiophene rings is 1. The van der Waals surface area contributed by atoms with Gasteiger partial charge in [-0.15, -0.1) is 11.3 Å². The first kappa shape index (κ1) is 14.6. The standard InChI is InChI=1S/C13H12Br3NS/c1-7-5-10(15)12(11(16)6-7)17-8(2)13-9(14)3-4-18-13/h3-6,8,17H,1-2H3. The summed E-state index contributed by atoms with van der Waals surface area (Å²) in [6.07, 6.45) is 0. The second-order valence-electron chi connectivity index (χ2n) is 4.10. The largest absolute Gasteiger partial charge is 0.376 e. The van der Waals surface area contributed by atoms with E-state index in [9.17, 15) is 0 Å². The number of rotatable bonds is 3. The number of aryl methyl sites for hydroxylation is 1. The molecule has 2 aromatic rings. The van der Waals surface area contributed by atoms with Gasteiger partial charge in [0.05, 0.1) is 11.7 Å². The van der Waals surface area contributed by atoms with Gasteiger partial charge in [0.25, 0.3) is 0 Å². The number of nitrogens with one attached hydrogen (secondary N) is 1. The molecule has 0 aliphatic carbocycles. The molecule has 96 valence electrons. The average Bonchev–Trinajstić information content (AvgIpc) is 2.69. The average molecular weight is 454 g/mol. The van der Waals surface area contributed by atoms with Gasteiger partial charge in [-0.25, -0.2) is 0 Å². The number of anilines is 1. The van der Waals surface area contributed by atoms with Crippen LogP contribution < -0.4 is 5.32 Å². The van der Waals surface area contributed by atoms with Gasteiger partial charge in [0.1, 0.15) is 0 Å². The first-order chi connectivity index (χ1) is 8.49. The number of hydrogen-bond donors (Lipinski definition) is 1. The molecule has 5 heteroatoms. The first-order valence-electron chi connectivity index (χ1n) is 5.44. The van der Waals surface area contributed by atoms with E-state index in [2.05, 4.69) is 90.5 Å². The van der Waals surface area contributed by atoms with Crippen LogP contribution in [0.1, 0.15) is 23.4 Å². The molecule has 0 saturated heterocycles. The Kier molecular flexibility index (Phi) is 4.92. The van der Waals surface area contributed by atoms with Gasteiger partial charge in [-0.3, -0.25) is 0 Å². The van der Waals surface area contributed by atoms with E-state index >= 15 is 0 Å². The van der Waals surface area contributed by atoms with Gasteiger partial charge >= 0.3 is 0 Å². The van der Waals surface area contributed by atoms with Crippen LogP contribution in [0, 0.1) is 6.92 Å². The fraction of sp³-hybridized carbons (Fsp3) is 0.231. The van der Waals surface area contributed by atoms with E-state index in [0.717, 1.165) is 19.1 Å². The highest BCUT2D eigenvalue weighted by atomic mass is 79.9. The Bertz CT molecular complexity index is 542. The van der Waals surface area contributed by atoms with Gasteiger partial charge in [0.15, 0.2) is 0 Å². The van der Waals surface area contributed by atoms with Crippen molar-refractivity contribution in [3.05, 3.63) is 47.4 Å². The molecule has 18 heavy (non-hydrogen) atoms. The van der Waals surface area contributed by atoms with E-state index in [4.69, 9.17) is 0 Å². The predicted molar refractivity (Wildman–Crippen MR) is 90.6 cm³/mol. The molecule has 1 nitrogen and oxygen atoms in total. The summed E-state index contributed by atoms with van der Waals surface area (Å²) in [6.45, 7) is 4.24. The van der Waals surface area contributed by atoms with Gasteiger partial charge in [0.2, 0.25) is 0 Å². The van der Waals surface area contributed by atoms with Gasteiger partial charge < -0.3 is 5.32 Å². The lowest BCUT2D eigenvalue weighted by atomic mass is 10.2. The van der Waals surface area contributed by atoms with E-state index in [0.29, 0.717) is 0 Å². The molecule has 1 aromatic carbocycles. The van der Waals surface area contributed by atoms with Crippen LogP contribution in [-0.2, 0) is 0 Å². The molecule has 0 radical (unpaired) electrons. The van der Waals surface area contributed by atoms with Crippen molar-refractivity contribution >= 4 is 64.8 Å². The third kappa shape index (κ3) is 3.18. The lowest BCUT2D eigenvalue weighted by Gasteiger charge is -2.18. The number of benzene rings is 1. The molecule has 1 aromatic heterocycles. The first-order valence-corrected chi connectivity index (χ1v) is 8.70. The maximum Gasteiger partial charge on any atom is 0.0634 e. The van der Waals surface area contributed by atoms with Crippen LogP contribution in [0.4, 0.5) is 5.69 Å². The van der Waals surface area contributed by atoms with Crippen LogP contribution in [0.15, 0.2) is 37.0 Å². The summed E-state index contributed by atoms with van der Waals surface area (Å²) in [7, 11) is 0. The minimum Gasteiger partial charge on any atom is -0.376 e. The normalized spacial score (nSPS) is 12.5. The van der Waals surface area contributed by atoms with Crippen LogP contribution in [0.2, 0.25) is 0 Å². The predicted octanol–water partition coefficient (Wildman–Crippen LogP) is 6.52. The van der Waals surface area contributed by atoms with Gasteiger partial charge in [0, 0.05) is 18.3 Å². The molecule has 0 fully saturated rings. The SMILES string of the molecule is Cc1cc(Br)c(NC(C)c2sccc2Br)c(Br)c1. The molecule has 1 atom stereocenters. The van der Waals surface area contributed by atoms with Crippen molar-refractivity contribution < 1.29 is 0 Å². The minimum absolute atomic E-state index is 0.259. The van der Waals surface area contributed by atoms with Crippen LogP contribution in [-0.4, -0.2) is 0 Å². The Labute approximate surface area is 136 Å². The quantitative estimate of drug-likeness (QED) is 0.558. The van der Waals surface area contributed by atoms with Gasteiger partial charge in [-0.2, -0.15) is 0 Å². The van der Waals surface area contributed by atoms with Crippen molar-refractivity contribution in [2.45, 2.75) is 19.9 Å². The summed E-state index contributed by atoms with van der Waals surface area (Å²) in [6, 6.07) is 6.57. The lowest BCUT2D eigenvalue weighted by molar-refractivity contribution is 0.900. The molecule has 0 aliphatic rings. The van der Waals surface area contributed by atoms with Crippen molar-refractivity contribution in [2.24, 2.45) is 0 Å². The molecule has 1 N–H and O–H groups in total. The van der Waals surface area contributed by atoms with Crippen molar-refractivity contribution in [3.8, 4) is 0 Å². The fourth-order valence-corrected chi connectivity index (χ4v) is 5.10.